The molecule has 1 aromatic heterocycles. The van der Waals surface area contributed by atoms with Gasteiger partial charge in [0.2, 0.25) is 5.95 Å². The lowest BCUT2D eigenvalue weighted by atomic mass is 10.2. The zero-order valence-electron chi connectivity index (χ0n) is 16.0. The van der Waals surface area contributed by atoms with E-state index in [0.29, 0.717) is 19.0 Å². The van der Waals surface area contributed by atoms with Gasteiger partial charge in [0, 0.05) is 31.0 Å². The lowest BCUT2D eigenvalue weighted by molar-refractivity contribution is -0.384. The highest BCUT2D eigenvalue weighted by molar-refractivity contribution is 7.98. The summed E-state index contributed by atoms with van der Waals surface area (Å²) >= 11 is 1.56. The average molecular weight is 411 g/mol. The van der Waals surface area contributed by atoms with E-state index in [2.05, 4.69) is 50.9 Å². The Balaban J connectivity index is 1.61. The fourth-order valence-corrected chi connectivity index (χ4v) is 4.01. The number of nitro groups is 1. The van der Waals surface area contributed by atoms with Crippen LogP contribution >= 0.6 is 11.8 Å². The van der Waals surface area contributed by atoms with Gasteiger partial charge in [0.1, 0.15) is 0 Å². The van der Waals surface area contributed by atoms with E-state index in [-0.39, 0.29) is 10.6 Å². The molecular weight excluding hydrogens is 390 g/mol. The van der Waals surface area contributed by atoms with Crippen molar-refractivity contribution in [2.75, 3.05) is 31.2 Å². The largest absolute Gasteiger partial charge is 0.378 e. The first-order valence-corrected chi connectivity index (χ1v) is 10.3. The van der Waals surface area contributed by atoms with Crippen LogP contribution in [-0.2, 0) is 10.5 Å². The van der Waals surface area contributed by atoms with Gasteiger partial charge in [-0.2, -0.15) is 0 Å². The van der Waals surface area contributed by atoms with Crippen LogP contribution in [-0.4, -0.2) is 46.0 Å². The summed E-state index contributed by atoms with van der Waals surface area (Å²) in [5.74, 6) is 1.45. The van der Waals surface area contributed by atoms with E-state index in [0.717, 1.165) is 35.4 Å². The molecule has 9 heteroatoms. The van der Waals surface area contributed by atoms with E-state index >= 15 is 0 Å². The first-order valence-electron chi connectivity index (χ1n) is 9.33. The van der Waals surface area contributed by atoms with Crippen molar-refractivity contribution in [1.29, 1.82) is 0 Å². The molecule has 0 amide bonds. The summed E-state index contributed by atoms with van der Waals surface area (Å²) in [6.45, 7) is 4.95. The molecule has 3 aromatic rings. The number of aromatic nitrogens is 3. The van der Waals surface area contributed by atoms with Gasteiger partial charge in [0.15, 0.2) is 5.16 Å². The second kappa shape index (κ2) is 8.62. The summed E-state index contributed by atoms with van der Waals surface area (Å²) in [6.07, 6.45) is 0. The van der Waals surface area contributed by atoms with E-state index in [9.17, 15) is 10.1 Å². The second-order valence-electron chi connectivity index (χ2n) is 6.77. The van der Waals surface area contributed by atoms with Gasteiger partial charge in [-0.1, -0.05) is 41.6 Å². The van der Waals surface area contributed by atoms with Gasteiger partial charge >= 0.3 is 0 Å². The summed E-state index contributed by atoms with van der Waals surface area (Å²) in [6, 6.07) is 14.9. The van der Waals surface area contributed by atoms with Crippen molar-refractivity contribution in [2.24, 2.45) is 0 Å². The molecule has 1 aliphatic heterocycles. The third-order valence-corrected chi connectivity index (χ3v) is 5.72. The number of hydrogen-bond donors (Lipinski definition) is 0. The molecule has 1 saturated heterocycles. The molecule has 0 spiro atoms. The number of benzene rings is 2. The molecule has 8 nitrogen and oxygen atoms in total. The lowest BCUT2D eigenvalue weighted by Crippen LogP contribution is -2.37. The summed E-state index contributed by atoms with van der Waals surface area (Å²) < 4.78 is 7.54. The smallest absolute Gasteiger partial charge is 0.269 e. The summed E-state index contributed by atoms with van der Waals surface area (Å²) in [4.78, 5) is 12.6. The molecule has 1 fully saturated rings. The predicted molar refractivity (Wildman–Crippen MR) is 112 cm³/mol. The Hall–Kier alpha value is -2.91. The van der Waals surface area contributed by atoms with Crippen molar-refractivity contribution >= 4 is 23.4 Å². The van der Waals surface area contributed by atoms with Crippen molar-refractivity contribution in [3.63, 3.8) is 0 Å². The summed E-state index contributed by atoms with van der Waals surface area (Å²) in [7, 11) is 0. The van der Waals surface area contributed by atoms with Crippen LogP contribution in [0.4, 0.5) is 11.6 Å². The van der Waals surface area contributed by atoms with Crippen molar-refractivity contribution in [1.82, 2.24) is 14.8 Å². The third kappa shape index (κ3) is 4.41. The van der Waals surface area contributed by atoms with Crippen LogP contribution in [0.15, 0.2) is 53.7 Å². The Bertz CT molecular complexity index is 982. The quantitative estimate of drug-likeness (QED) is 0.348. The van der Waals surface area contributed by atoms with Crippen molar-refractivity contribution in [2.45, 2.75) is 17.8 Å². The number of morpholine rings is 1. The molecular formula is C20H21N5O3S. The maximum absolute atomic E-state index is 10.8. The molecule has 29 heavy (non-hydrogen) atoms. The van der Waals surface area contributed by atoms with E-state index in [1.807, 2.05) is 0 Å². The van der Waals surface area contributed by atoms with Gasteiger partial charge in [-0.15, -0.1) is 10.2 Å². The Morgan fingerprint density at radius 3 is 2.41 bits per heavy atom. The molecule has 2 heterocycles. The minimum atomic E-state index is -0.389. The van der Waals surface area contributed by atoms with Gasteiger partial charge in [-0.05, 0) is 24.6 Å². The van der Waals surface area contributed by atoms with Gasteiger partial charge in [-0.3, -0.25) is 14.7 Å². The number of nitrogens with zero attached hydrogens (tertiary/aromatic N) is 5. The van der Waals surface area contributed by atoms with Crippen LogP contribution in [0, 0.1) is 17.0 Å². The Kier molecular flexibility index (Phi) is 5.77. The molecule has 150 valence electrons. The average Bonchev–Trinajstić information content (AvgIpc) is 3.17. The van der Waals surface area contributed by atoms with Crippen LogP contribution in [0.2, 0.25) is 0 Å². The number of thioether (sulfide) groups is 1. The standard InChI is InChI=1S/C20H21N5O3S/c1-15-2-6-17(7-3-15)24-19(23-10-12-28-13-11-23)21-22-20(24)29-14-16-4-8-18(9-5-16)25(26)27/h2-9H,10-14H2,1H3. The Morgan fingerprint density at radius 1 is 1.07 bits per heavy atom. The second-order valence-corrected chi connectivity index (χ2v) is 7.71. The maximum atomic E-state index is 10.8. The lowest BCUT2D eigenvalue weighted by Gasteiger charge is -2.28. The van der Waals surface area contributed by atoms with Crippen molar-refractivity contribution in [3.05, 3.63) is 69.8 Å². The minimum Gasteiger partial charge on any atom is -0.378 e. The fourth-order valence-electron chi connectivity index (χ4n) is 3.11. The molecule has 0 bridgehead atoms. The number of non-ortho nitro benzene ring substituents is 1. The van der Waals surface area contributed by atoms with E-state index in [1.165, 1.54) is 17.7 Å². The summed E-state index contributed by atoms with van der Waals surface area (Å²) in [5.41, 5.74) is 3.28. The number of hydrogen-bond acceptors (Lipinski definition) is 7. The molecule has 0 atom stereocenters. The van der Waals surface area contributed by atoms with Crippen molar-refractivity contribution < 1.29 is 9.66 Å². The number of rotatable bonds is 6. The van der Waals surface area contributed by atoms with Crippen LogP contribution < -0.4 is 4.90 Å². The summed E-state index contributed by atoms with van der Waals surface area (Å²) in [5, 5.41) is 20.5. The molecule has 0 radical (unpaired) electrons. The van der Waals surface area contributed by atoms with E-state index in [1.54, 1.807) is 23.9 Å². The number of ether oxygens (including phenoxy) is 1. The van der Waals surface area contributed by atoms with Crippen LogP contribution in [0.1, 0.15) is 11.1 Å². The zero-order valence-corrected chi connectivity index (χ0v) is 16.8. The molecule has 0 N–H and O–H groups in total. The number of nitro benzene ring substituents is 1. The molecule has 0 unspecified atom stereocenters. The van der Waals surface area contributed by atoms with Crippen LogP contribution in [0.5, 0.6) is 0 Å². The Labute approximate surface area is 172 Å². The number of anilines is 1. The molecule has 1 aliphatic rings. The topological polar surface area (TPSA) is 86.3 Å². The van der Waals surface area contributed by atoms with Crippen LogP contribution in [0.3, 0.4) is 0 Å². The monoisotopic (exact) mass is 411 g/mol. The maximum Gasteiger partial charge on any atom is 0.269 e. The predicted octanol–water partition coefficient (Wildman–Crippen LogP) is 3.61. The molecule has 0 saturated carbocycles. The first kappa shape index (κ1) is 19.4. The molecule has 0 aliphatic carbocycles. The van der Waals surface area contributed by atoms with Gasteiger partial charge in [-0.25, -0.2) is 0 Å². The molecule has 4 rings (SSSR count). The van der Waals surface area contributed by atoms with Gasteiger partial charge < -0.3 is 9.64 Å². The fraction of sp³-hybridized carbons (Fsp3) is 0.300. The Morgan fingerprint density at radius 2 is 1.76 bits per heavy atom. The highest BCUT2D eigenvalue weighted by Gasteiger charge is 2.21. The van der Waals surface area contributed by atoms with Crippen molar-refractivity contribution in [3.8, 4) is 5.69 Å². The minimum absolute atomic E-state index is 0.0937. The highest BCUT2D eigenvalue weighted by Crippen LogP contribution is 2.29. The van der Waals surface area contributed by atoms with Gasteiger partial charge in [0.05, 0.1) is 23.8 Å². The van der Waals surface area contributed by atoms with Crippen LogP contribution in [0.25, 0.3) is 5.69 Å². The SMILES string of the molecule is Cc1ccc(-n2c(SCc3ccc([N+](=O)[O-])cc3)nnc2N2CCOCC2)cc1. The highest BCUT2D eigenvalue weighted by atomic mass is 32.2. The first-order chi connectivity index (χ1) is 14.1. The van der Waals surface area contributed by atoms with E-state index in [4.69, 9.17) is 4.74 Å². The zero-order chi connectivity index (χ0) is 20.2. The van der Waals surface area contributed by atoms with E-state index < -0.39 is 0 Å². The molecule has 2 aromatic carbocycles. The third-order valence-electron chi connectivity index (χ3n) is 4.72. The normalized spacial score (nSPS) is 14.2. The number of aryl methyl sites for hydroxylation is 1. The van der Waals surface area contributed by atoms with Gasteiger partial charge in [0.25, 0.3) is 5.69 Å².